The summed E-state index contributed by atoms with van der Waals surface area (Å²) in [5, 5.41) is 3.70. The van der Waals surface area contributed by atoms with Crippen molar-refractivity contribution < 1.29 is 13.2 Å². The molecule has 0 aliphatic heterocycles. The molecule has 2 aromatic rings. The topological polar surface area (TPSA) is 66.5 Å². The van der Waals surface area contributed by atoms with Crippen molar-refractivity contribution in [3.8, 4) is 0 Å². The highest BCUT2D eigenvalue weighted by Crippen LogP contribution is 2.28. The van der Waals surface area contributed by atoms with Crippen molar-refractivity contribution in [2.24, 2.45) is 0 Å². The minimum atomic E-state index is -3.66. The summed E-state index contributed by atoms with van der Waals surface area (Å²) in [4.78, 5) is 13.7. The molecule has 0 unspecified atom stereocenters. The summed E-state index contributed by atoms with van der Waals surface area (Å²) in [7, 11) is -2.13. The lowest BCUT2D eigenvalue weighted by molar-refractivity contribution is 0.0956. The third-order valence-corrected chi connectivity index (χ3v) is 9.43. The zero-order valence-electron chi connectivity index (χ0n) is 18.0. The molecule has 0 spiro atoms. The van der Waals surface area contributed by atoms with E-state index in [0.717, 1.165) is 15.9 Å². The number of sulfonamides is 1. The van der Waals surface area contributed by atoms with Gasteiger partial charge in [-0.1, -0.05) is 19.3 Å². The van der Waals surface area contributed by atoms with Gasteiger partial charge in [0.25, 0.3) is 15.9 Å². The van der Waals surface area contributed by atoms with Crippen LogP contribution >= 0.6 is 23.5 Å². The molecule has 0 radical (unpaired) electrons. The van der Waals surface area contributed by atoms with E-state index in [0.29, 0.717) is 17.8 Å². The van der Waals surface area contributed by atoms with Gasteiger partial charge < -0.3 is 5.32 Å². The van der Waals surface area contributed by atoms with E-state index >= 15 is 0 Å². The Morgan fingerprint density at radius 2 is 1.68 bits per heavy atom. The van der Waals surface area contributed by atoms with Gasteiger partial charge in [0.05, 0.1) is 10.6 Å². The van der Waals surface area contributed by atoms with Crippen LogP contribution in [-0.2, 0) is 10.0 Å². The van der Waals surface area contributed by atoms with Crippen molar-refractivity contribution in [2.45, 2.75) is 47.1 Å². The molecular weight excluding hydrogens is 448 g/mol. The van der Waals surface area contributed by atoms with Crippen LogP contribution in [0, 0.1) is 0 Å². The van der Waals surface area contributed by atoms with Gasteiger partial charge in [0, 0.05) is 35.1 Å². The van der Waals surface area contributed by atoms with Gasteiger partial charge in [0.2, 0.25) is 0 Å². The molecule has 1 N–H and O–H groups in total. The van der Waals surface area contributed by atoms with Crippen molar-refractivity contribution in [1.82, 2.24) is 5.32 Å². The largest absolute Gasteiger partial charge is 0.351 e. The van der Waals surface area contributed by atoms with Crippen LogP contribution < -0.4 is 9.62 Å². The van der Waals surface area contributed by atoms with Crippen LogP contribution in [0.15, 0.2) is 58.3 Å². The van der Waals surface area contributed by atoms with E-state index in [1.807, 2.05) is 18.0 Å². The van der Waals surface area contributed by atoms with Gasteiger partial charge in [-0.05, 0) is 67.6 Å². The molecule has 0 bridgehead atoms. The number of rotatable bonds is 9. The summed E-state index contributed by atoms with van der Waals surface area (Å²) in [5.74, 6) is 0.791. The summed E-state index contributed by atoms with van der Waals surface area (Å²) in [6, 6.07) is 13.5. The average molecular weight is 479 g/mol. The SMILES string of the molecule is CSc1ccc(S(=O)(=O)N(C)c2ccc(C(=O)NCCSC3CCCCC3)cc2)cc1. The highest BCUT2D eigenvalue weighted by Gasteiger charge is 2.21. The predicted octanol–water partition coefficient (Wildman–Crippen LogP) is 5.03. The van der Waals surface area contributed by atoms with Crippen LogP contribution in [0.3, 0.4) is 0 Å². The molecule has 1 fully saturated rings. The van der Waals surface area contributed by atoms with E-state index in [-0.39, 0.29) is 10.8 Å². The number of thioether (sulfide) groups is 2. The number of benzene rings is 2. The molecule has 2 aromatic carbocycles. The molecular formula is C23H30N2O3S3. The van der Waals surface area contributed by atoms with E-state index in [4.69, 9.17) is 0 Å². The van der Waals surface area contributed by atoms with E-state index in [9.17, 15) is 13.2 Å². The highest BCUT2D eigenvalue weighted by molar-refractivity contribution is 7.99. The zero-order chi connectivity index (χ0) is 22.3. The van der Waals surface area contributed by atoms with Crippen molar-refractivity contribution >= 4 is 45.1 Å². The quantitative estimate of drug-likeness (QED) is 0.404. The Hall–Kier alpha value is -1.64. The normalized spacial score (nSPS) is 14.9. The molecule has 0 heterocycles. The monoisotopic (exact) mass is 478 g/mol. The molecule has 1 saturated carbocycles. The Morgan fingerprint density at radius 3 is 2.29 bits per heavy atom. The van der Waals surface area contributed by atoms with Gasteiger partial charge in [-0.2, -0.15) is 11.8 Å². The minimum absolute atomic E-state index is 0.131. The van der Waals surface area contributed by atoms with Gasteiger partial charge in [0.1, 0.15) is 0 Å². The lowest BCUT2D eigenvalue weighted by Gasteiger charge is -2.21. The van der Waals surface area contributed by atoms with E-state index in [1.165, 1.54) is 43.5 Å². The fourth-order valence-electron chi connectivity index (χ4n) is 3.59. The Morgan fingerprint density at radius 1 is 1.03 bits per heavy atom. The molecule has 1 aliphatic carbocycles. The molecule has 0 saturated heterocycles. The number of nitrogens with zero attached hydrogens (tertiary/aromatic N) is 1. The molecule has 0 aromatic heterocycles. The maximum Gasteiger partial charge on any atom is 0.264 e. The molecule has 0 atom stereocenters. The van der Waals surface area contributed by atoms with Crippen molar-refractivity contribution in [3.63, 3.8) is 0 Å². The number of hydrogen-bond acceptors (Lipinski definition) is 5. The Balaban J connectivity index is 1.54. The summed E-state index contributed by atoms with van der Waals surface area (Å²) in [5.41, 5.74) is 1.04. The average Bonchev–Trinajstić information content (AvgIpc) is 2.82. The van der Waals surface area contributed by atoms with E-state index < -0.39 is 10.0 Å². The summed E-state index contributed by atoms with van der Waals surface area (Å²) in [6.45, 7) is 0.641. The van der Waals surface area contributed by atoms with Crippen molar-refractivity contribution in [3.05, 3.63) is 54.1 Å². The lowest BCUT2D eigenvalue weighted by Crippen LogP contribution is -2.28. The Kier molecular flexibility index (Phi) is 8.75. The number of amides is 1. The third kappa shape index (κ3) is 6.43. The minimum Gasteiger partial charge on any atom is -0.351 e. The fraction of sp³-hybridized carbons (Fsp3) is 0.435. The Bertz CT molecular complexity index is 955. The molecule has 5 nitrogen and oxygen atoms in total. The van der Waals surface area contributed by atoms with Crippen molar-refractivity contribution in [2.75, 3.05) is 29.9 Å². The van der Waals surface area contributed by atoms with Gasteiger partial charge in [-0.3, -0.25) is 9.10 Å². The second-order valence-corrected chi connectivity index (χ2v) is 11.8. The van der Waals surface area contributed by atoms with Gasteiger partial charge in [-0.15, -0.1) is 11.8 Å². The first-order valence-corrected chi connectivity index (χ1v) is 14.3. The first kappa shape index (κ1) is 24.0. The number of hydrogen-bond donors (Lipinski definition) is 1. The second kappa shape index (κ2) is 11.3. The smallest absolute Gasteiger partial charge is 0.264 e. The molecule has 1 aliphatic rings. The molecule has 8 heteroatoms. The highest BCUT2D eigenvalue weighted by atomic mass is 32.2. The number of carbonyl (C=O) groups excluding carboxylic acids is 1. The first-order valence-electron chi connectivity index (χ1n) is 10.5. The molecule has 31 heavy (non-hydrogen) atoms. The molecule has 168 valence electrons. The third-order valence-electron chi connectivity index (χ3n) is 5.50. The van der Waals surface area contributed by atoms with Crippen LogP contribution in [0.2, 0.25) is 0 Å². The van der Waals surface area contributed by atoms with Gasteiger partial charge in [-0.25, -0.2) is 8.42 Å². The predicted molar refractivity (Wildman–Crippen MR) is 132 cm³/mol. The van der Waals surface area contributed by atoms with Crippen LogP contribution in [0.5, 0.6) is 0 Å². The van der Waals surface area contributed by atoms with E-state index in [2.05, 4.69) is 5.32 Å². The van der Waals surface area contributed by atoms with Crippen LogP contribution in [-0.4, -0.2) is 45.2 Å². The zero-order valence-corrected chi connectivity index (χ0v) is 20.5. The standard InChI is InChI=1S/C23H30N2O3S3/c1-25(31(27,28)22-14-12-20(29-2)13-15-22)19-10-8-18(9-11-19)23(26)24-16-17-30-21-6-4-3-5-7-21/h8-15,21H,3-7,16-17H2,1-2H3,(H,24,26). The maximum atomic E-state index is 12.9. The van der Waals surface area contributed by atoms with Crippen LogP contribution in [0.25, 0.3) is 0 Å². The van der Waals surface area contributed by atoms with Crippen molar-refractivity contribution in [1.29, 1.82) is 0 Å². The second-order valence-electron chi connectivity index (χ2n) is 7.58. The fourth-order valence-corrected chi connectivity index (χ4v) is 6.41. The number of nitrogens with one attached hydrogen (secondary N) is 1. The van der Waals surface area contributed by atoms with Gasteiger partial charge in [0.15, 0.2) is 0 Å². The van der Waals surface area contributed by atoms with Gasteiger partial charge >= 0.3 is 0 Å². The lowest BCUT2D eigenvalue weighted by atomic mass is 10.0. The number of carbonyl (C=O) groups is 1. The molecule has 1 amide bonds. The van der Waals surface area contributed by atoms with Crippen LogP contribution in [0.4, 0.5) is 5.69 Å². The number of anilines is 1. The summed E-state index contributed by atoms with van der Waals surface area (Å²) in [6.07, 6.45) is 8.53. The van der Waals surface area contributed by atoms with Crippen LogP contribution in [0.1, 0.15) is 42.5 Å². The van der Waals surface area contributed by atoms with E-state index in [1.54, 1.807) is 60.3 Å². The summed E-state index contributed by atoms with van der Waals surface area (Å²) >= 11 is 3.52. The first-order chi connectivity index (χ1) is 14.9. The molecule has 3 rings (SSSR count). The Labute approximate surface area is 194 Å². The summed E-state index contributed by atoms with van der Waals surface area (Å²) < 4.78 is 27.0. The maximum absolute atomic E-state index is 12.9.